The van der Waals surface area contributed by atoms with Crippen molar-refractivity contribution in [2.45, 2.75) is 13.8 Å². The van der Waals surface area contributed by atoms with Gasteiger partial charge in [0.25, 0.3) is 0 Å². The van der Waals surface area contributed by atoms with Crippen molar-refractivity contribution in [3.63, 3.8) is 0 Å². The van der Waals surface area contributed by atoms with E-state index in [-0.39, 0.29) is 5.82 Å². The van der Waals surface area contributed by atoms with Gasteiger partial charge in [0.2, 0.25) is 11.8 Å². The molecule has 0 saturated heterocycles. The first kappa shape index (κ1) is 12.3. The molecule has 2 rings (SSSR count). The zero-order valence-electron chi connectivity index (χ0n) is 10.5. The van der Waals surface area contributed by atoms with Crippen molar-refractivity contribution in [3.05, 3.63) is 41.3 Å². The molecule has 94 valence electrons. The van der Waals surface area contributed by atoms with E-state index in [4.69, 9.17) is 4.74 Å². The van der Waals surface area contributed by atoms with Gasteiger partial charge >= 0.3 is 0 Å². The number of halogens is 1. The molecular weight excluding hydrogens is 233 g/mol. The van der Waals surface area contributed by atoms with Crippen LogP contribution in [0, 0.1) is 19.7 Å². The van der Waals surface area contributed by atoms with Crippen LogP contribution in [0.1, 0.15) is 11.1 Å². The number of aryl methyl sites for hydroxylation is 2. The molecule has 2 aromatic rings. The molecule has 0 aliphatic heterocycles. The summed E-state index contributed by atoms with van der Waals surface area (Å²) in [5.41, 5.74) is 1.35. The molecular formula is C13H14FN3O. The van der Waals surface area contributed by atoms with E-state index in [1.165, 1.54) is 6.07 Å². The molecule has 0 saturated carbocycles. The molecule has 4 nitrogen and oxygen atoms in total. The predicted molar refractivity (Wildman–Crippen MR) is 67.5 cm³/mol. The quantitative estimate of drug-likeness (QED) is 0.905. The minimum Gasteiger partial charge on any atom is -0.439 e. The summed E-state index contributed by atoms with van der Waals surface area (Å²) in [6.07, 6.45) is 1.67. The Morgan fingerprint density at radius 2 is 2.00 bits per heavy atom. The second-order valence-corrected chi connectivity index (χ2v) is 3.94. The summed E-state index contributed by atoms with van der Waals surface area (Å²) in [5.74, 6) is 1.24. The third-order valence-corrected chi connectivity index (χ3v) is 2.49. The van der Waals surface area contributed by atoms with E-state index in [1.807, 2.05) is 6.92 Å². The van der Waals surface area contributed by atoms with E-state index in [2.05, 4.69) is 15.3 Å². The normalized spacial score (nSPS) is 10.2. The number of aromatic nitrogens is 2. The van der Waals surface area contributed by atoms with E-state index in [0.717, 1.165) is 5.56 Å². The standard InChI is InChI=1S/C13H14FN3O/c1-8-6-10(4-5-11(8)14)18-12-9(2)7-16-13(15-3)17-12/h4-7H,1-3H3,(H,15,16,17). The third kappa shape index (κ3) is 2.56. The van der Waals surface area contributed by atoms with Crippen molar-refractivity contribution >= 4 is 5.95 Å². The topological polar surface area (TPSA) is 47.0 Å². The first-order valence-electron chi connectivity index (χ1n) is 5.55. The van der Waals surface area contributed by atoms with Gasteiger partial charge in [-0.15, -0.1) is 0 Å². The number of rotatable bonds is 3. The SMILES string of the molecule is CNc1ncc(C)c(Oc2ccc(F)c(C)c2)n1. The zero-order valence-corrected chi connectivity index (χ0v) is 10.5. The maximum atomic E-state index is 13.1. The molecule has 5 heteroatoms. The van der Waals surface area contributed by atoms with Crippen LogP contribution in [0.2, 0.25) is 0 Å². The molecule has 1 aromatic carbocycles. The van der Waals surface area contributed by atoms with Crippen molar-refractivity contribution in [1.82, 2.24) is 9.97 Å². The van der Waals surface area contributed by atoms with Crippen molar-refractivity contribution in [1.29, 1.82) is 0 Å². The van der Waals surface area contributed by atoms with Gasteiger partial charge in [-0.2, -0.15) is 4.98 Å². The highest BCUT2D eigenvalue weighted by atomic mass is 19.1. The van der Waals surface area contributed by atoms with Gasteiger partial charge in [0.1, 0.15) is 11.6 Å². The minimum atomic E-state index is -0.252. The first-order chi connectivity index (χ1) is 8.60. The van der Waals surface area contributed by atoms with Gasteiger partial charge in [-0.3, -0.25) is 0 Å². The second-order valence-electron chi connectivity index (χ2n) is 3.94. The molecule has 0 amide bonds. The van der Waals surface area contributed by atoms with Gasteiger partial charge in [0.05, 0.1) is 0 Å². The third-order valence-electron chi connectivity index (χ3n) is 2.49. The number of ether oxygens (including phenoxy) is 1. The molecule has 0 unspecified atom stereocenters. The Hall–Kier alpha value is -2.17. The lowest BCUT2D eigenvalue weighted by atomic mass is 10.2. The molecule has 0 bridgehead atoms. The van der Waals surface area contributed by atoms with Crippen molar-refractivity contribution in [3.8, 4) is 11.6 Å². The van der Waals surface area contributed by atoms with Crippen molar-refractivity contribution < 1.29 is 9.13 Å². The summed E-state index contributed by atoms with van der Waals surface area (Å²) < 4.78 is 18.8. The fraction of sp³-hybridized carbons (Fsp3) is 0.231. The largest absolute Gasteiger partial charge is 0.439 e. The Balaban J connectivity index is 2.30. The van der Waals surface area contributed by atoms with Crippen LogP contribution in [0.4, 0.5) is 10.3 Å². The van der Waals surface area contributed by atoms with Gasteiger partial charge in [-0.05, 0) is 37.6 Å². The number of nitrogens with one attached hydrogen (secondary N) is 1. The lowest BCUT2D eigenvalue weighted by Crippen LogP contribution is -1.99. The smallest absolute Gasteiger partial charge is 0.226 e. The summed E-state index contributed by atoms with van der Waals surface area (Å²) in [6.45, 7) is 3.54. The predicted octanol–water partition coefficient (Wildman–Crippen LogP) is 3.07. The summed E-state index contributed by atoms with van der Waals surface area (Å²) >= 11 is 0. The Labute approximate surface area is 105 Å². The Kier molecular flexibility index (Phi) is 3.41. The average Bonchev–Trinajstić information content (AvgIpc) is 2.36. The number of nitrogens with zero attached hydrogens (tertiary/aromatic N) is 2. The summed E-state index contributed by atoms with van der Waals surface area (Å²) in [6, 6.07) is 4.58. The van der Waals surface area contributed by atoms with Crippen LogP contribution < -0.4 is 10.1 Å². The van der Waals surface area contributed by atoms with E-state index >= 15 is 0 Å². The maximum absolute atomic E-state index is 13.1. The fourth-order valence-electron chi connectivity index (χ4n) is 1.44. The van der Waals surface area contributed by atoms with E-state index in [0.29, 0.717) is 23.1 Å². The van der Waals surface area contributed by atoms with E-state index in [9.17, 15) is 4.39 Å². The lowest BCUT2D eigenvalue weighted by Gasteiger charge is -2.09. The lowest BCUT2D eigenvalue weighted by molar-refractivity contribution is 0.456. The van der Waals surface area contributed by atoms with Crippen molar-refractivity contribution in [2.24, 2.45) is 0 Å². The highest BCUT2D eigenvalue weighted by Gasteiger charge is 2.07. The van der Waals surface area contributed by atoms with Gasteiger partial charge in [-0.25, -0.2) is 9.37 Å². The van der Waals surface area contributed by atoms with Crippen LogP contribution >= 0.6 is 0 Å². The molecule has 0 atom stereocenters. The molecule has 1 N–H and O–H groups in total. The average molecular weight is 247 g/mol. The van der Waals surface area contributed by atoms with Gasteiger partial charge < -0.3 is 10.1 Å². The van der Waals surface area contributed by atoms with Gasteiger partial charge in [0, 0.05) is 18.8 Å². The molecule has 0 aliphatic rings. The summed E-state index contributed by atoms with van der Waals surface area (Å²) in [7, 11) is 1.73. The van der Waals surface area contributed by atoms with Crippen LogP contribution in [0.15, 0.2) is 24.4 Å². The summed E-state index contributed by atoms with van der Waals surface area (Å²) in [5, 5.41) is 2.84. The highest BCUT2D eigenvalue weighted by Crippen LogP contribution is 2.24. The summed E-state index contributed by atoms with van der Waals surface area (Å²) in [4.78, 5) is 8.27. The monoisotopic (exact) mass is 247 g/mol. The van der Waals surface area contributed by atoms with E-state index < -0.39 is 0 Å². The molecule has 0 aliphatic carbocycles. The number of hydrogen-bond donors (Lipinski definition) is 1. The Bertz CT molecular complexity index is 572. The fourth-order valence-corrected chi connectivity index (χ4v) is 1.44. The number of anilines is 1. The van der Waals surface area contributed by atoms with Crippen LogP contribution in [0.5, 0.6) is 11.6 Å². The van der Waals surface area contributed by atoms with Gasteiger partial charge in [-0.1, -0.05) is 0 Å². The highest BCUT2D eigenvalue weighted by molar-refractivity contribution is 5.37. The van der Waals surface area contributed by atoms with Crippen molar-refractivity contribution in [2.75, 3.05) is 12.4 Å². The van der Waals surface area contributed by atoms with Crippen LogP contribution in [0.3, 0.4) is 0 Å². The van der Waals surface area contributed by atoms with Crippen LogP contribution in [0.25, 0.3) is 0 Å². The number of hydrogen-bond acceptors (Lipinski definition) is 4. The number of benzene rings is 1. The van der Waals surface area contributed by atoms with E-state index in [1.54, 1.807) is 32.3 Å². The maximum Gasteiger partial charge on any atom is 0.226 e. The molecule has 0 radical (unpaired) electrons. The zero-order chi connectivity index (χ0) is 13.1. The molecule has 18 heavy (non-hydrogen) atoms. The second kappa shape index (κ2) is 5.00. The van der Waals surface area contributed by atoms with Crippen LogP contribution in [-0.2, 0) is 0 Å². The molecule has 1 heterocycles. The minimum absolute atomic E-state index is 0.252. The van der Waals surface area contributed by atoms with Crippen LogP contribution in [-0.4, -0.2) is 17.0 Å². The molecule has 1 aromatic heterocycles. The Morgan fingerprint density at radius 3 is 2.67 bits per heavy atom. The molecule has 0 fully saturated rings. The Morgan fingerprint density at radius 1 is 1.22 bits per heavy atom. The van der Waals surface area contributed by atoms with Gasteiger partial charge in [0.15, 0.2) is 0 Å². The molecule has 0 spiro atoms. The first-order valence-corrected chi connectivity index (χ1v) is 5.55.